The van der Waals surface area contributed by atoms with Crippen molar-refractivity contribution in [1.82, 2.24) is 34.3 Å². The van der Waals surface area contributed by atoms with Crippen molar-refractivity contribution in [3.63, 3.8) is 0 Å². The van der Waals surface area contributed by atoms with Gasteiger partial charge in [0.15, 0.2) is 22.3 Å². The van der Waals surface area contributed by atoms with Gasteiger partial charge in [-0.25, -0.2) is 24.3 Å². The van der Waals surface area contributed by atoms with Gasteiger partial charge >= 0.3 is 0 Å². The van der Waals surface area contributed by atoms with Gasteiger partial charge in [-0.15, -0.1) is 0 Å². The lowest BCUT2D eigenvalue weighted by atomic mass is 10.2. The van der Waals surface area contributed by atoms with Crippen molar-refractivity contribution in [3.8, 4) is 17.0 Å². The molecule has 1 aliphatic rings. The molecule has 0 atom stereocenters. The highest BCUT2D eigenvalue weighted by Crippen LogP contribution is 2.33. The van der Waals surface area contributed by atoms with Crippen LogP contribution in [0.5, 0.6) is 5.75 Å². The second-order valence-corrected chi connectivity index (χ2v) is 12.1. The van der Waals surface area contributed by atoms with Crippen LogP contribution >= 0.6 is 22.9 Å². The molecule has 4 aromatic heterocycles. The van der Waals surface area contributed by atoms with E-state index in [2.05, 4.69) is 15.6 Å². The number of carbonyl (C=O) groups is 2. The summed E-state index contributed by atoms with van der Waals surface area (Å²) in [6, 6.07) is 9.64. The van der Waals surface area contributed by atoms with E-state index in [0.29, 0.717) is 54.1 Å². The third kappa shape index (κ3) is 6.54. The number of nitrogens with zero attached hydrogens (tertiary/aromatic N) is 7. The van der Waals surface area contributed by atoms with Gasteiger partial charge in [0.05, 0.1) is 36.3 Å². The Morgan fingerprint density at radius 2 is 2.00 bits per heavy atom. The first-order chi connectivity index (χ1) is 22.2. The SMILES string of the molecule is COc1ccc(-c2cnc3c(c2)nc2n3CCN(C(=O)/C=C/CN(C)C)C2)nc1Nc1ncc(C(=O)Nc2c(F)cccc2Cl)s1. The molecule has 5 aromatic rings. The van der Waals surface area contributed by atoms with Crippen LogP contribution in [-0.2, 0) is 17.9 Å². The number of hydrogen-bond acceptors (Lipinski definition) is 10. The maximum Gasteiger partial charge on any atom is 0.267 e. The molecule has 46 heavy (non-hydrogen) atoms. The minimum absolute atomic E-state index is 0.0428. The maximum absolute atomic E-state index is 14.2. The number of ether oxygens (including phenoxy) is 1. The normalized spacial score (nSPS) is 13.0. The molecular weight excluding hydrogens is 633 g/mol. The van der Waals surface area contributed by atoms with Crippen molar-refractivity contribution in [2.45, 2.75) is 13.1 Å². The molecule has 2 amide bonds. The van der Waals surface area contributed by atoms with Crippen molar-refractivity contribution < 1.29 is 18.7 Å². The fraction of sp³-hybridized carbons (Fsp3) is 0.226. The highest BCUT2D eigenvalue weighted by molar-refractivity contribution is 7.17. The van der Waals surface area contributed by atoms with E-state index in [9.17, 15) is 14.0 Å². The lowest BCUT2D eigenvalue weighted by Gasteiger charge is -2.26. The predicted octanol–water partition coefficient (Wildman–Crippen LogP) is 5.21. The third-order valence-electron chi connectivity index (χ3n) is 7.16. The summed E-state index contributed by atoms with van der Waals surface area (Å²) in [5.74, 6) is 0.364. The van der Waals surface area contributed by atoms with Crippen molar-refractivity contribution in [2.75, 3.05) is 44.9 Å². The van der Waals surface area contributed by atoms with Gasteiger partial charge in [0.25, 0.3) is 5.91 Å². The van der Waals surface area contributed by atoms with Crippen LogP contribution < -0.4 is 15.4 Å². The Bertz CT molecular complexity index is 1960. The number of methoxy groups -OCH3 is 1. The lowest BCUT2D eigenvalue weighted by molar-refractivity contribution is -0.127. The first-order valence-electron chi connectivity index (χ1n) is 14.2. The number of para-hydroxylation sites is 1. The number of pyridine rings is 2. The average molecular weight is 662 g/mol. The number of fused-ring (bicyclic) bond motifs is 3. The van der Waals surface area contributed by atoms with Crippen LogP contribution in [0.3, 0.4) is 0 Å². The smallest absolute Gasteiger partial charge is 0.267 e. The second-order valence-electron chi connectivity index (χ2n) is 10.6. The molecule has 0 bridgehead atoms. The maximum atomic E-state index is 14.2. The summed E-state index contributed by atoms with van der Waals surface area (Å²) in [5.41, 5.74) is 2.67. The lowest BCUT2D eigenvalue weighted by Crippen LogP contribution is -2.37. The highest BCUT2D eigenvalue weighted by Gasteiger charge is 2.24. The van der Waals surface area contributed by atoms with Gasteiger partial charge in [0.1, 0.15) is 22.0 Å². The quantitative estimate of drug-likeness (QED) is 0.205. The number of nitrogens with one attached hydrogen (secondary N) is 2. The summed E-state index contributed by atoms with van der Waals surface area (Å²) in [7, 11) is 5.42. The zero-order valence-electron chi connectivity index (χ0n) is 25.1. The van der Waals surface area contributed by atoms with Crippen molar-refractivity contribution in [1.29, 1.82) is 0 Å². The number of anilines is 3. The molecule has 1 aliphatic heterocycles. The highest BCUT2D eigenvalue weighted by atomic mass is 35.5. The molecule has 236 valence electrons. The standard InChI is InChI=1S/C31H29ClFN9O3S/c1-40(2)11-5-8-26(43)41-12-13-42-25(17-41)36-22-14-18(15-34-29(22)42)21-9-10-23(45-3)28(37-21)39-31-35-16-24(46-31)30(44)38-27-19(32)6-4-7-20(27)33/h4-10,14-16H,11-13,17H2,1-3H3,(H,38,44)(H,35,37,39)/b8-5+. The molecule has 5 heterocycles. The number of likely N-dealkylation sites (N-methyl/N-ethyl adjacent to an activating group) is 1. The molecule has 12 nitrogen and oxygen atoms in total. The number of amides is 2. The van der Waals surface area contributed by atoms with Crippen LogP contribution in [0.15, 0.2) is 60.9 Å². The van der Waals surface area contributed by atoms with E-state index in [-0.39, 0.29) is 21.5 Å². The van der Waals surface area contributed by atoms with E-state index in [1.165, 1.54) is 31.5 Å². The molecule has 1 aromatic carbocycles. The Morgan fingerprint density at radius 3 is 2.78 bits per heavy atom. The molecule has 2 N–H and O–H groups in total. The number of halogens is 2. The van der Waals surface area contributed by atoms with E-state index in [4.69, 9.17) is 31.3 Å². The zero-order valence-corrected chi connectivity index (χ0v) is 26.7. The molecular formula is C31H29ClFN9O3S. The number of aromatic nitrogens is 5. The summed E-state index contributed by atoms with van der Waals surface area (Å²) in [6.45, 7) is 2.25. The number of benzene rings is 1. The minimum atomic E-state index is -0.640. The minimum Gasteiger partial charge on any atom is -0.493 e. The fourth-order valence-corrected chi connectivity index (χ4v) is 5.79. The Kier molecular flexibility index (Phi) is 8.92. The molecule has 0 spiro atoms. The molecule has 0 saturated carbocycles. The number of rotatable bonds is 9. The Morgan fingerprint density at radius 1 is 1.15 bits per heavy atom. The van der Waals surface area contributed by atoms with Crippen LogP contribution in [0.2, 0.25) is 5.02 Å². The van der Waals surface area contributed by atoms with Crippen molar-refractivity contribution in [2.24, 2.45) is 0 Å². The van der Waals surface area contributed by atoms with Gasteiger partial charge in [-0.05, 0) is 44.4 Å². The summed E-state index contributed by atoms with van der Waals surface area (Å²) < 4.78 is 21.7. The summed E-state index contributed by atoms with van der Waals surface area (Å²) >= 11 is 7.10. The van der Waals surface area contributed by atoms with Crippen LogP contribution in [-0.4, -0.2) is 80.4 Å². The monoisotopic (exact) mass is 661 g/mol. The number of thiazole rings is 1. The Hall–Kier alpha value is -4.92. The van der Waals surface area contributed by atoms with Gasteiger partial charge in [-0.2, -0.15) is 0 Å². The predicted molar refractivity (Wildman–Crippen MR) is 175 cm³/mol. The zero-order chi connectivity index (χ0) is 32.4. The van der Waals surface area contributed by atoms with Crippen LogP contribution in [0.1, 0.15) is 15.5 Å². The van der Waals surface area contributed by atoms with Gasteiger partial charge in [0, 0.05) is 37.5 Å². The van der Waals surface area contributed by atoms with Crippen molar-refractivity contribution >= 4 is 62.6 Å². The Labute approximate surface area is 272 Å². The molecule has 6 rings (SSSR count). The topological polar surface area (TPSA) is 130 Å². The summed E-state index contributed by atoms with van der Waals surface area (Å²) in [4.78, 5) is 48.0. The fourth-order valence-electron chi connectivity index (χ4n) is 4.87. The number of carbonyl (C=O) groups excluding carboxylic acids is 2. The van der Waals surface area contributed by atoms with Gasteiger partial charge in [0.2, 0.25) is 5.91 Å². The van der Waals surface area contributed by atoms with E-state index in [0.717, 1.165) is 28.4 Å². The molecule has 0 unspecified atom stereocenters. The number of imidazole rings is 1. The van der Waals surface area contributed by atoms with E-state index in [1.807, 2.05) is 41.8 Å². The molecule has 0 aliphatic carbocycles. The van der Waals surface area contributed by atoms with E-state index in [1.54, 1.807) is 23.2 Å². The van der Waals surface area contributed by atoms with Crippen LogP contribution in [0.25, 0.3) is 22.4 Å². The van der Waals surface area contributed by atoms with Crippen LogP contribution in [0, 0.1) is 5.82 Å². The summed E-state index contributed by atoms with van der Waals surface area (Å²) in [6.07, 6.45) is 6.57. The number of hydrogen-bond donors (Lipinski definition) is 2. The van der Waals surface area contributed by atoms with Gasteiger partial charge in [-0.1, -0.05) is 35.1 Å². The summed E-state index contributed by atoms with van der Waals surface area (Å²) in [5, 5.41) is 6.07. The largest absolute Gasteiger partial charge is 0.493 e. The Balaban J connectivity index is 1.20. The molecule has 0 radical (unpaired) electrons. The molecule has 15 heteroatoms. The first kappa shape index (κ1) is 31.1. The van der Waals surface area contributed by atoms with Crippen LogP contribution in [0.4, 0.5) is 21.0 Å². The second kappa shape index (κ2) is 13.2. The first-order valence-corrected chi connectivity index (χ1v) is 15.4. The van der Waals surface area contributed by atoms with Crippen molar-refractivity contribution in [3.05, 3.63) is 82.5 Å². The van der Waals surface area contributed by atoms with Gasteiger partial charge < -0.3 is 29.7 Å². The third-order valence-corrected chi connectivity index (χ3v) is 8.39. The molecule has 0 fully saturated rings. The molecule has 0 saturated heterocycles. The van der Waals surface area contributed by atoms with Gasteiger partial charge in [-0.3, -0.25) is 9.59 Å². The van der Waals surface area contributed by atoms with E-state index < -0.39 is 11.7 Å². The van der Waals surface area contributed by atoms with E-state index >= 15 is 0 Å². The average Bonchev–Trinajstić information content (AvgIpc) is 3.66.